The zero-order valence-corrected chi connectivity index (χ0v) is 13.8. The van der Waals surface area contributed by atoms with Crippen molar-refractivity contribution in [3.05, 3.63) is 26.6 Å². The lowest BCUT2D eigenvalue weighted by Crippen LogP contribution is -2.30. The van der Waals surface area contributed by atoms with Gasteiger partial charge in [-0.1, -0.05) is 0 Å². The molecule has 0 aromatic heterocycles. The number of nitrogens with one attached hydrogen (secondary N) is 1. The molecular weight excluding hydrogens is 360 g/mol. The van der Waals surface area contributed by atoms with E-state index >= 15 is 0 Å². The van der Waals surface area contributed by atoms with Gasteiger partial charge < -0.3 is 15.0 Å². The van der Waals surface area contributed by atoms with Crippen LogP contribution < -0.4 is 10.1 Å². The molecule has 5 heteroatoms. The van der Waals surface area contributed by atoms with Crippen LogP contribution in [0.4, 0.5) is 0 Å². The average Bonchev–Trinajstić information content (AvgIpc) is 2.72. The quantitative estimate of drug-likeness (QED) is 0.872. The molecule has 1 aromatic carbocycles. The molecule has 0 amide bonds. The number of rotatable bonds is 4. The minimum atomic E-state index is 0.606. The van der Waals surface area contributed by atoms with E-state index in [1.54, 1.807) is 7.11 Å². The lowest BCUT2D eigenvalue weighted by atomic mass is 10.2. The first-order valence-corrected chi connectivity index (χ1v) is 7.62. The fraction of sp³-hybridized carbons (Fsp3) is 0.538. The Morgan fingerprint density at radius 2 is 2.06 bits per heavy atom. The summed E-state index contributed by atoms with van der Waals surface area (Å²) in [4.78, 5) is 2.36. The second kappa shape index (κ2) is 6.37. The van der Waals surface area contributed by atoms with Crippen LogP contribution in [0.2, 0.25) is 0 Å². The third-order valence-electron chi connectivity index (χ3n) is 3.25. The molecule has 3 nitrogen and oxygen atoms in total. The van der Waals surface area contributed by atoms with E-state index in [2.05, 4.69) is 61.3 Å². The molecule has 1 aromatic rings. The Hall–Kier alpha value is -0.100. The SMILES string of the molecule is COc1c(Br)cc(CNC2CCN(C)C2)cc1Br. The Balaban J connectivity index is 1.97. The summed E-state index contributed by atoms with van der Waals surface area (Å²) in [6.45, 7) is 3.21. The van der Waals surface area contributed by atoms with Crippen LogP contribution >= 0.6 is 31.9 Å². The van der Waals surface area contributed by atoms with E-state index in [0.717, 1.165) is 27.8 Å². The molecule has 1 aliphatic rings. The molecule has 1 heterocycles. The van der Waals surface area contributed by atoms with Gasteiger partial charge in [0.15, 0.2) is 0 Å². The van der Waals surface area contributed by atoms with Gasteiger partial charge in [0.2, 0.25) is 0 Å². The topological polar surface area (TPSA) is 24.5 Å². The number of likely N-dealkylation sites (tertiary alicyclic amines) is 1. The summed E-state index contributed by atoms with van der Waals surface area (Å²) in [7, 11) is 3.85. The molecule has 0 saturated carbocycles. The largest absolute Gasteiger partial charge is 0.494 e. The van der Waals surface area contributed by atoms with Crippen molar-refractivity contribution < 1.29 is 4.74 Å². The maximum Gasteiger partial charge on any atom is 0.147 e. The second-order valence-corrected chi connectivity index (χ2v) is 6.43. The smallest absolute Gasteiger partial charge is 0.147 e. The molecule has 18 heavy (non-hydrogen) atoms. The predicted molar refractivity (Wildman–Crippen MR) is 81.1 cm³/mol. The molecule has 1 fully saturated rings. The van der Waals surface area contributed by atoms with Crippen LogP contribution in [0.15, 0.2) is 21.1 Å². The van der Waals surface area contributed by atoms with Crippen LogP contribution in [0.5, 0.6) is 5.75 Å². The minimum Gasteiger partial charge on any atom is -0.494 e. The highest BCUT2D eigenvalue weighted by Crippen LogP contribution is 2.34. The molecule has 100 valence electrons. The van der Waals surface area contributed by atoms with Gasteiger partial charge in [-0.15, -0.1) is 0 Å². The minimum absolute atomic E-state index is 0.606. The first-order chi connectivity index (χ1) is 8.60. The maximum absolute atomic E-state index is 5.30. The van der Waals surface area contributed by atoms with Gasteiger partial charge in [-0.25, -0.2) is 0 Å². The number of likely N-dealkylation sites (N-methyl/N-ethyl adjacent to an activating group) is 1. The van der Waals surface area contributed by atoms with Gasteiger partial charge >= 0.3 is 0 Å². The number of hydrogen-bond donors (Lipinski definition) is 1. The molecule has 1 aliphatic heterocycles. The highest BCUT2D eigenvalue weighted by Gasteiger charge is 2.18. The lowest BCUT2D eigenvalue weighted by molar-refractivity contribution is 0.397. The van der Waals surface area contributed by atoms with Crippen molar-refractivity contribution in [2.24, 2.45) is 0 Å². The van der Waals surface area contributed by atoms with E-state index in [9.17, 15) is 0 Å². The van der Waals surface area contributed by atoms with Gasteiger partial charge in [-0.3, -0.25) is 0 Å². The maximum atomic E-state index is 5.30. The molecule has 1 N–H and O–H groups in total. The second-order valence-electron chi connectivity index (χ2n) is 4.72. The fourth-order valence-corrected chi connectivity index (χ4v) is 3.88. The number of hydrogen-bond acceptors (Lipinski definition) is 3. The third-order valence-corrected chi connectivity index (χ3v) is 4.43. The monoisotopic (exact) mass is 376 g/mol. The Bertz CT molecular complexity index is 402. The summed E-state index contributed by atoms with van der Waals surface area (Å²) < 4.78 is 7.27. The number of methoxy groups -OCH3 is 1. The van der Waals surface area contributed by atoms with E-state index in [0.29, 0.717) is 6.04 Å². The summed E-state index contributed by atoms with van der Waals surface area (Å²) in [5.74, 6) is 0.847. The van der Waals surface area contributed by atoms with Crippen LogP contribution in [0.3, 0.4) is 0 Å². The number of benzene rings is 1. The molecular formula is C13H18Br2N2O. The molecule has 0 radical (unpaired) electrons. The normalized spacial score (nSPS) is 20.3. The number of halogens is 2. The van der Waals surface area contributed by atoms with E-state index in [-0.39, 0.29) is 0 Å². The van der Waals surface area contributed by atoms with Crippen molar-refractivity contribution in [2.45, 2.75) is 19.0 Å². The van der Waals surface area contributed by atoms with Crippen molar-refractivity contribution >= 4 is 31.9 Å². The van der Waals surface area contributed by atoms with Crippen LogP contribution in [0.1, 0.15) is 12.0 Å². The van der Waals surface area contributed by atoms with Crippen molar-refractivity contribution in [3.8, 4) is 5.75 Å². The predicted octanol–water partition coefficient (Wildman–Crippen LogP) is 3.01. The van der Waals surface area contributed by atoms with Gasteiger partial charge in [0.1, 0.15) is 5.75 Å². The van der Waals surface area contributed by atoms with Gasteiger partial charge in [0.25, 0.3) is 0 Å². The summed E-state index contributed by atoms with van der Waals surface area (Å²) in [5.41, 5.74) is 1.25. The molecule has 1 saturated heterocycles. The standard InChI is InChI=1S/C13H18Br2N2O/c1-17-4-3-10(8-17)16-7-9-5-11(14)13(18-2)12(15)6-9/h5-6,10,16H,3-4,7-8H2,1-2H3. The van der Waals surface area contributed by atoms with Crippen molar-refractivity contribution in [3.63, 3.8) is 0 Å². The lowest BCUT2D eigenvalue weighted by Gasteiger charge is -2.14. The van der Waals surface area contributed by atoms with E-state index in [4.69, 9.17) is 4.74 Å². The molecule has 0 aliphatic carbocycles. The number of ether oxygens (including phenoxy) is 1. The van der Waals surface area contributed by atoms with E-state index < -0.39 is 0 Å². The molecule has 1 atom stereocenters. The fourth-order valence-electron chi connectivity index (χ4n) is 2.27. The van der Waals surface area contributed by atoms with Crippen LogP contribution in [0, 0.1) is 0 Å². The van der Waals surface area contributed by atoms with Crippen molar-refractivity contribution in [1.29, 1.82) is 0 Å². The number of nitrogens with zero attached hydrogens (tertiary/aromatic N) is 1. The molecule has 2 rings (SSSR count). The Labute approximate surface area is 125 Å². The van der Waals surface area contributed by atoms with Crippen LogP contribution in [0.25, 0.3) is 0 Å². The van der Waals surface area contributed by atoms with Crippen LogP contribution in [-0.4, -0.2) is 38.2 Å². The van der Waals surface area contributed by atoms with Crippen LogP contribution in [-0.2, 0) is 6.54 Å². The average molecular weight is 378 g/mol. The Kier molecular flexibility index (Phi) is 5.06. The summed E-state index contributed by atoms with van der Waals surface area (Å²) in [6, 6.07) is 4.82. The zero-order valence-electron chi connectivity index (χ0n) is 10.7. The highest BCUT2D eigenvalue weighted by molar-refractivity contribution is 9.11. The first kappa shape index (κ1) is 14.3. The summed E-state index contributed by atoms with van der Waals surface area (Å²) in [5, 5.41) is 3.60. The van der Waals surface area contributed by atoms with Crippen molar-refractivity contribution in [1.82, 2.24) is 10.2 Å². The van der Waals surface area contributed by atoms with Gasteiger partial charge in [0.05, 0.1) is 16.1 Å². The summed E-state index contributed by atoms with van der Waals surface area (Å²) >= 11 is 7.06. The molecule has 1 unspecified atom stereocenters. The Morgan fingerprint density at radius 1 is 1.39 bits per heavy atom. The van der Waals surface area contributed by atoms with Crippen molar-refractivity contribution in [2.75, 3.05) is 27.2 Å². The van der Waals surface area contributed by atoms with E-state index in [1.165, 1.54) is 18.5 Å². The molecule has 0 spiro atoms. The van der Waals surface area contributed by atoms with Gasteiger partial charge in [-0.2, -0.15) is 0 Å². The molecule has 0 bridgehead atoms. The summed E-state index contributed by atoms with van der Waals surface area (Å²) in [6.07, 6.45) is 1.23. The van der Waals surface area contributed by atoms with Gasteiger partial charge in [-0.05, 0) is 69.6 Å². The van der Waals surface area contributed by atoms with Gasteiger partial charge in [0, 0.05) is 19.1 Å². The first-order valence-electron chi connectivity index (χ1n) is 6.04. The third kappa shape index (κ3) is 3.47. The highest BCUT2D eigenvalue weighted by atomic mass is 79.9. The zero-order chi connectivity index (χ0) is 13.1. The Morgan fingerprint density at radius 3 is 2.56 bits per heavy atom. The van der Waals surface area contributed by atoms with E-state index in [1.807, 2.05) is 0 Å².